The Bertz CT molecular complexity index is 1950. The maximum atomic E-state index is 13.1. The molecule has 1 amide bonds. The van der Waals surface area contributed by atoms with E-state index < -0.39 is 0 Å². The number of aromatic nitrogens is 1. The molecule has 0 bridgehead atoms. The highest BCUT2D eigenvalue weighted by Gasteiger charge is 2.20. The summed E-state index contributed by atoms with van der Waals surface area (Å²) in [5.41, 5.74) is 8.93. The number of halogens is 2. The number of carbonyl (C=O) groups excluding carboxylic acids is 1. The number of piperazine rings is 1. The van der Waals surface area contributed by atoms with Crippen molar-refractivity contribution in [3.63, 3.8) is 0 Å². The van der Waals surface area contributed by atoms with Crippen LogP contribution in [0.4, 0.5) is 0 Å². The molecule has 1 aliphatic heterocycles. The van der Waals surface area contributed by atoms with E-state index >= 15 is 0 Å². The molecule has 0 radical (unpaired) electrons. The van der Waals surface area contributed by atoms with Crippen LogP contribution in [0.15, 0.2) is 109 Å². The van der Waals surface area contributed by atoms with Gasteiger partial charge in [0.2, 0.25) is 11.8 Å². The summed E-state index contributed by atoms with van der Waals surface area (Å²) < 4.78 is 17.9. The standard InChI is InChI=1S/C45H48ClN3O4.BrH/c1-32(2)40-16-13-37(14-17-40)30-51-29-36-11-9-35(10-12-36)28-48-21-23-49(24-22-48)44(50)20-15-39-25-34(4)45(42(46)26-39)53-43-19-18-41(27-47-43)52-31-38-7-5-33(3)6-8-38;/h5-20,25-27,32H,21-24,28-31H2,1-4H3;1H/b20-15+;. The molecule has 0 aliphatic carbocycles. The SMILES string of the molecule is Br.Cc1ccc(COc2ccc(Oc3c(C)cc(/C=C/C(=O)N4CCN(Cc5ccc(COCc6ccc(C(C)C)cc6)cc5)CC4)cc3Cl)nc2)cc1. The first-order chi connectivity index (χ1) is 25.7. The van der Waals surface area contributed by atoms with E-state index in [-0.39, 0.29) is 22.9 Å². The maximum absolute atomic E-state index is 13.1. The summed E-state index contributed by atoms with van der Waals surface area (Å²) in [6, 6.07) is 32.9. The van der Waals surface area contributed by atoms with Crippen LogP contribution >= 0.6 is 28.6 Å². The summed E-state index contributed by atoms with van der Waals surface area (Å²) in [4.78, 5) is 21.8. The van der Waals surface area contributed by atoms with E-state index in [2.05, 4.69) is 103 Å². The lowest BCUT2D eigenvalue weighted by molar-refractivity contribution is -0.127. The first kappa shape index (κ1) is 40.7. The van der Waals surface area contributed by atoms with Crippen molar-refractivity contribution in [1.29, 1.82) is 0 Å². The second-order valence-electron chi connectivity index (χ2n) is 14.0. The topological polar surface area (TPSA) is 64.1 Å². The molecule has 0 saturated carbocycles. The summed E-state index contributed by atoms with van der Waals surface area (Å²) in [5, 5.41) is 0.445. The highest BCUT2D eigenvalue weighted by molar-refractivity contribution is 8.93. The zero-order valence-corrected chi connectivity index (χ0v) is 33.9. The molecular formula is C45H49BrClN3O4. The van der Waals surface area contributed by atoms with Crippen LogP contribution in [0.1, 0.15) is 64.3 Å². The fourth-order valence-corrected chi connectivity index (χ4v) is 6.45. The third-order valence-electron chi connectivity index (χ3n) is 9.41. The third kappa shape index (κ3) is 11.8. The number of hydrogen-bond acceptors (Lipinski definition) is 6. The molecule has 1 saturated heterocycles. The van der Waals surface area contributed by atoms with E-state index in [4.69, 9.17) is 25.8 Å². The average Bonchev–Trinajstić information content (AvgIpc) is 3.17. The minimum atomic E-state index is -0.00661. The molecule has 1 fully saturated rings. The van der Waals surface area contributed by atoms with Gasteiger partial charge in [0.1, 0.15) is 12.4 Å². The first-order valence-corrected chi connectivity index (χ1v) is 18.6. The Morgan fingerprint density at radius 3 is 2.02 bits per heavy atom. The van der Waals surface area contributed by atoms with Crippen LogP contribution in [0.3, 0.4) is 0 Å². The molecule has 0 spiro atoms. The predicted molar refractivity (Wildman–Crippen MR) is 223 cm³/mol. The van der Waals surface area contributed by atoms with Crippen LogP contribution in [-0.2, 0) is 35.9 Å². The molecule has 7 nitrogen and oxygen atoms in total. The van der Waals surface area contributed by atoms with E-state index in [0.717, 1.165) is 41.9 Å². The summed E-state index contributed by atoms with van der Waals surface area (Å²) in [6.07, 6.45) is 5.07. The van der Waals surface area contributed by atoms with Crippen LogP contribution in [-0.4, -0.2) is 46.9 Å². The molecule has 9 heteroatoms. The highest BCUT2D eigenvalue weighted by Crippen LogP contribution is 2.34. The van der Waals surface area contributed by atoms with Crippen LogP contribution < -0.4 is 9.47 Å². The number of aryl methyl sites for hydroxylation is 2. The quantitative estimate of drug-likeness (QED) is 0.104. The number of pyridine rings is 1. The molecule has 1 aliphatic rings. The number of ether oxygens (including phenoxy) is 3. The van der Waals surface area contributed by atoms with Crippen molar-refractivity contribution in [2.45, 2.75) is 60.0 Å². The summed E-state index contributed by atoms with van der Waals surface area (Å²) in [5.74, 6) is 2.12. The van der Waals surface area contributed by atoms with Gasteiger partial charge in [-0.2, -0.15) is 0 Å². The van der Waals surface area contributed by atoms with Crippen molar-refractivity contribution >= 4 is 40.6 Å². The highest BCUT2D eigenvalue weighted by atomic mass is 79.9. The van der Waals surface area contributed by atoms with E-state index in [0.29, 0.717) is 61.2 Å². The number of carbonyl (C=O) groups is 1. The Morgan fingerprint density at radius 1 is 0.796 bits per heavy atom. The van der Waals surface area contributed by atoms with Gasteiger partial charge in [-0.3, -0.25) is 9.69 Å². The van der Waals surface area contributed by atoms with Crippen molar-refractivity contribution in [1.82, 2.24) is 14.8 Å². The van der Waals surface area contributed by atoms with Gasteiger partial charge in [-0.1, -0.05) is 104 Å². The van der Waals surface area contributed by atoms with Crippen LogP contribution in [0, 0.1) is 13.8 Å². The molecule has 1 aromatic heterocycles. The monoisotopic (exact) mass is 809 g/mol. The van der Waals surface area contributed by atoms with Crippen molar-refractivity contribution in [2.24, 2.45) is 0 Å². The normalized spacial score (nSPS) is 13.3. The lowest BCUT2D eigenvalue weighted by atomic mass is 10.0. The van der Waals surface area contributed by atoms with Crippen LogP contribution in [0.2, 0.25) is 5.02 Å². The van der Waals surface area contributed by atoms with Gasteiger partial charge < -0.3 is 19.1 Å². The molecule has 6 rings (SSSR count). The van der Waals surface area contributed by atoms with E-state index in [1.165, 1.54) is 22.3 Å². The average molecular weight is 811 g/mol. The zero-order chi connectivity index (χ0) is 37.2. The van der Waals surface area contributed by atoms with E-state index in [1.807, 2.05) is 30.0 Å². The smallest absolute Gasteiger partial charge is 0.246 e. The number of benzene rings is 4. The molecule has 0 N–H and O–H groups in total. The molecule has 0 atom stereocenters. The molecule has 4 aromatic carbocycles. The fourth-order valence-electron chi connectivity index (χ4n) is 6.13. The minimum Gasteiger partial charge on any atom is -0.487 e. The second kappa shape index (κ2) is 19.7. The predicted octanol–water partition coefficient (Wildman–Crippen LogP) is 10.5. The Labute approximate surface area is 335 Å². The molecule has 54 heavy (non-hydrogen) atoms. The lowest BCUT2D eigenvalue weighted by Gasteiger charge is -2.34. The van der Waals surface area contributed by atoms with Crippen molar-refractivity contribution in [3.8, 4) is 17.4 Å². The summed E-state index contributed by atoms with van der Waals surface area (Å²) >= 11 is 6.64. The lowest BCUT2D eigenvalue weighted by Crippen LogP contribution is -2.47. The molecule has 0 unspecified atom stereocenters. The van der Waals surface area contributed by atoms with Gasteiger partial charge in [0.05, 0.1) is 24.4 Å². The largest absolute Gasteiger partial charge is 0.487 e. The third-order valence-corrected chi connectivity index (χ3v) is 9.69. The number of nitrogens with zero attached hydrogens (tertiary/aromatic N) is 3. The van der Waals surface area contributed by atoms with Gasteiger partial charge in [0, 0.05) is 44.9 Å². The number of rotatable bonds is 14. The van der Waals surface area contributed by atoms with Crippen molar-refractivity contribution < 1.29 is 19.0 Å². The Morgan fingerprint density at radius 2 is 1.41 bits per heavy atom. The van der Waals surface area contributed by atoms with E-state index in [9.17, 15) is 4.79 Å². The Balaban J connectivity index is 0.00000561. The summed E-state index contributed by atoms with van der Waals surface area (Å²) in [6.45, 7) is 13.9. The van der Waals surface area contributed by atoms with Crippen LogP contribution in [0.25, 0.3) is 6.08 Å². The molecule has 5 aromatic rings. The van der Waals surface area contributed by atoms with Gasteiger partial charge >= 0.3 is 0 Å². The van der Waals surface area contributed by atoms with Gasteiger partial charge in [-0.15, -0.1) is 17.0 Å². The maximum Gasteiger partial charge on any atom is 0.246 e. The molecular weight excluding hydrogens is 762 g/mol. The van der Waals surface area contributed by atoms with E-state index in [1.54, 1.807) is 24.4 Å². The number of hydrogen-bond donors (Lipinski definition) is 0. The number of amides is 1. The van der Waals surface area contributed by atoms with Crippen molar-refractivity contribution in [2.75, 3.05) is 26.2 Å². The van der Waals surface area contributed by atoms with Crippen LogP contribution in [0.5, 0.6) is 17.4 Å². The zero-order valence-electron chi connectivity index (χ0n) is 31.5. The van der Waals surface area contributed by atoms with Gasteiger partial charge in [-0.05, 0) is 83.0 Å². The fraction of sp³-hybridized carbons (Fsp3) is 0.289. The second-order valence-corrected chi connectivity index (χ2v) is 14.4. The molecule has 282 valence electrons. The summed E-state index contributed by atoms with van der Waals surface area (Å²) in [7, 11) is 0. The van der Waals surface area contributed by atoms with Gasteiger partial charge in [0.15, 0.2) is 5.75 Å². The molecule has 2 heterocycles. The van der Waals surface area contributed by atoms with Gasteiger partial charge in [-0.25, -0.2) is 4.98 Å². The van der Waals surface area contributed by atoms with Crippen molar-refractivity contribution in [3.05, 3.63) is 159 Å². The Hall–Kier alpha value is -4.47. The van der Waals surface area contributed by atoms with Gasteiger partial charge in [0.25, 0.3) is 0 Å². The Kier molecular flexibility index (Phi) is 14.9. The first-order valence-electron chi connectivity index (χ1n) is 18.2. The minimum absolute atomic E-state index is 0.